The number of ether oxygens (including phenoxy) is 1. The van der Waals surface area contributed by atoms with Gasteiger partial charge in [-0.15, -0.1) is 0 Å². The van der Waals surface area contributed by atoms with Crippen LogP contribution in [0.4, 0.5) is 0 Å². The summed E-state index contributed by atoms with van der Waals surface area (Å²) in [4.78, 5) is 12.0. The Bertz CT molecular complexity index is 552. The van der Waals surface area contributed by atoms with Crippen molar-refractivity contribution >= 4 is 11.5 Å². The Hall–Kier alpha value is -1.57. The van der Waals surface area contributed by atoms with E-state index >= 15 is 0 Å². The van der Waals surface area contributed by atoms with Gasteiger partial charge in [-0.25, -0.2) is 4.79 Å². The van der Waals surface area contributed by atoms with Crippen molar-refractivity contribution in [2.75, 3.05) is 0 Å². The summed E-state index contributed by atoms with van der Waals surface area (Å²) >= 11 is 0. The molecular weight excluding hydrogens is 224 g/mol. The molecule has 0 amide bonds. The Morgan fingerprint density at radius 2 is 2.06 bits per heavy atom. The van der Waals surface area contributed by atoms with Gasteiger partial charge in [-0.05, 0) is 29.4 Å². The van der Waals surface area contributed by atoms with Crippen LogP contribution in [0.15, 0.2) is 29.8 Å². The molecule has 3 rings (SSSR count). The van der Waals surface area contributed by atoms with Crippen molar-refractivity contribution in [3.8, 4) is 0 Å². The normalized spacial score (nSPS) is 24.6. The molecule has 1 heterocycles. The molecule has 1 atom stereocenters. The van der Waals surface area contributed by atoms with E-state index < -0.39 is 0 Å². The molecular formula is C16H18O2. The maximum Gasteiger partial charge on any atom is 0.335 e. The van der Waals surface area contributed by atoms with Gasteiger partial charge < -0.3 is 4.74 Å². The zero-order chi connectivity index (χ0) is 12.9. The van der Waals surface area contributed by atoms with Gasteiger partial charge in [0.25, 0.3) is 0 Å². The lowest BCUT2D eigenvalue weighted by atomic mass is 9.70. The van der Waals surface area contributed by atoms with Crippen LogP contribution in [-0.4, -0.2) is 12.1 Å². The summed E-state index contributed by atoms with van der Waals surface area (Å²) < 4.78 is 5.49. The number of carbonyl (C=O) groups excluding carboxylic acids is 1. The van der Waals surface area contributed by atoms with Crippen molar-refractivity contribution in [2.24, 2.45) is 0 Å². The van der Waals surface area contributed by atoms with Crippen LogP contribution in [0.5, 0.6) is 0 Å². The number of benzene rings is 1. The van der Waals surface area contributed by atoms with Gasteiger partial charge in [0.1, 0.15) is 6.10 Å². The van der Waals surface area contributed by atoms with E-state index in [0.717, 1.165) is 24.0 Å². The van der Waals surface area contributed by atoms with Crippen LogP contribution in [0, 0.1) is 0 Å². The third kappa shape index (κ3) is 1.45. The average Bonchev–Trinajstić information content (AvgIpc) is 2.66. The maximum absolute atomic E-state index is 12.0. The first kappa shape index (κ1) is 11.5. The zero-order valence-electron chi connectivity index (χ0n) is 11.1. The van der Waals surface area contributed by atoms with Crippen LogP contribution in [0.3, 0.4) is 0 Å². The first-order valence-electron chi connectivity index (χ1n) is 6.58. The van der Waals surface area contributed by atoms with Crippen molar-refractivity contribution in [3.63, 3.8) is 0 Å². The van der Waals surface area contributed by atoms with Gasteiger partial charge in [-0.3, -0.25) is 0 Å². The van der Waals surface area contributed by atoms with Crippen molar-refractivity contribution in [3.05, 3.63) is 41.0 Å². The molecule has 0 saturated carbocycles. The quantitative estimate of drug-likeness (QED) is 0.705. The number of hydrogen-bond donors (Lipinski definition) is 0. The molecule has 1 aromatic rings. The molecule has 2 aliphatic rings. The summed E-state index contributed by atoms with van der Waals surface area (Å²) in [6, 6.07) is 8.41. The second-order valence-corrected chi connectivity index (χ2v) is 5.80. The molecule has 0 N–H and O–H groups in total. The lowest BCUT2D eigenvalue weighted by molar-refractivity contribution is -0.139. The third-order valence-corrected chi connectivity index (χ3v) is 4.08. The molecule has 1 unspecified atom stereocenters. The Labute approximate surface area is 108 Å². The maximum atomic E-state index is 12.0. The van der Waals surface area contributed by atoms with Gasteiger partial charge in [0, 0.05) is 11.1 Å². The van der Waals surface area contributed by atoms with Crippen molar-refractivity contribution in [1.82, 2.24) is 0 Å². The van der Waals surface area contributed by atoms with E-state index in [0.29, 0.717) is 0 Å². The second kappa shape index (κ2) is 3.71. The van der Waals surface area contributed by atoms with Crippen LogP contribution < -0.4 is 0 Å². The van der Waals surface area contributed by atoms with E-state index in [2.05, 4.69) is 39.0 Å². The van der Waals surface area contributed by atoms with E-state index in [1.165, 1.54) is 11.1 Å². The van der Waals surface area contributed by atoms with E-state index in [9.17, 15) is 4.79 Å². The molecule has 18 heavy (non-hydrogen) atoms. The molecule has 0 bridgehead atoms. The van der Waals surface area contributed by atoms with Crippen LogP contribution in [0.2, 0.25) is 0 Å². The van der Waals surface area contributed by atoms with Crippen LogP contribution in [0.1, 0.15) is 44.7 Å². The largest absolute Gasteiger partial charge is 0.454 e. The van der Waals surface area contributed by atoms with E-state index in [4.69, 9.17) is 4.74 Å². The smallest absolute Gasteiger partial charge is 0.335 e. The molecule has 0 aromatic heterocycles. The van der Waals surface area contributed by atoms with E-state index in [1.807, 2.05) is 6.07 Å². The molecule has 94 valence electrons. The Balaban J connectivity index is 2.25. The predicted octanol–water partition coefficient (Wildman–Crippen LogP) is 3.46. The standard InChI is InChI=1S/C16H18O2/c1-4-13-14-10-7-5-6-8-12(10)16(2,3)9-11(14)15(17)18-13/h5-8,13H,4,9H2,1-3H3. The number of carbonyl (C=O) groups is 1. The molecule has 1 aromatic carbocycles. The third-order valence-electron chi connectivity index (χ3n) is 4.08. The first-order chi connectivity index (χ1) is 8.54. The topological polar surface area (TPSA) is 26.3 Å². The highest BCUT2D eigenvalue weighted by Gasteiger charge is 2.42. The first-order valence-corrected chi connectivity index (χ1v) is 6.58. The van der Waals surface area contributed by atoms with Crippen LogP contribution >= 0.6 is 0 Å². The molecule has 2 nitrogen and oxygen atoms in total. The van der Waals surface area contributed by atoms with Gasteiger partial charge in [0.15, 0.2) is 0 Å². The lowest BCUT2D eigenvalue weighted by Gasteiger charge is -2.33. The van der Waals surface area contributed by atoms with Gasteiger partial charge in [0.2, 0.25) is 0 Å². The van der Waals surface area contributed by atoms with Gasteiger partial charge >= 0.3 is 5.97 Å². The van der Waals surface area contributed by atoms with Crippen LogP contribution in [-0.2, 0) is 14.9 Å². The molecule has 0 radical (unpaired) electrons. The lowest BCUT2D eigenvalue weighted by Crippen LogP contribution is -2.25. The Kier molecular flexibility index (Phi) is 2.37. The monoisotopic (exact) mass is 242 g/mol. The highest BCUT2D eigenvalue weighted by molar-refractivity contribution is 6.04. The Morgan fingerprint density at radius 1 is 1.33 bits per heavy atom. The van der Waals surface area contributed by atoms with E-state index in [-0.39, 0.29) is 17.5 Å². The summed E-state index contributed by atoms with van der Waals surface area (Å²) in [7, 11) is 0. The number of rotatable bonds is 1. The SMILES string of the molecule is CCC1OC(=O)C2=C1c1ccccc1C(C)(C)C2. The second-order valence-electron chi connectivity index (χ2n) is 5.80. The minimum absolute atomic E-state index is 0.0110. The summed E-state index contributed by atoms with van der Waals surface area (Å²) in [5, 5.41) is 0. The predicted molar refractivity (Wildman–Crippen MR) is 71.2 cm³/mol. The average molecular weight is 242 g/mol. The van der Waals surface area contributed by atoms with Crippen molar-refractivity contribution in [2.45, 2.75) is 45.1 Å². The van der Waals surface area contributed by atoms with Gasteiger partial charge in [-0.1, -0.05) is 45.0 Å². The summed E-state index contributed by atoms with van der Waals surface area (Å²) in [6.07, 6.45) is 1.58. The Morgan fingerprint density at radius 3 is 2.78 bits per heavy atom. The van der Waals surface area contributed by atoms with Crippen molar-refractivity contribution in [1.29, 1.82) is 0 Å². The molecule has 1 aliphatic heterocycles. The highest BCUT2D eigenvalue weighted by atomic mass is 16.5. The fourth-order valence-corrected chi connectivity index (χ4v) is 3.20. The molecule has 0 spiro atoms. The summed E-state index contributed by atoms with van der Waals surface area (Å²) in [5.41, 5.74) is 4.58. The summed E-state index contributed by atoms with van der Waals surface area (Å²) in [6.45, 7) is 6.46. The van der Waals surface area contributed by atoms with Gasteiger partial charge in [-0.2, -0.15) is 0 Å². The molecule has 0 saturated heterocycles. The zero-order valence-corrected chi connectivity index (χ0v) is 11.1. The molecule has 2 heteroatoms. The number of fused-ring (bicyclic) bond motifs is 2. The fourth-order valence-electron chi connectivity index (χ4n) is 3.20. The van der Waals surface area contributed by atoms with Crippen LogP contribution in [0.25, 0.3) is 5.57 Å². The number of cyclic esters (lactones) is 1. The number of esters is 1. The number of hydrogen-bond acceptors (Lipinski definition) is 2. The minimum atomic E-state index is -0.112. The van der Waals surface area contributed by atoms with E-state index in [1.54, 1.807) is 0 Å². The minimum Gasteiger partial charge on any atom is -0.454 e. The van der Waals surface area contributed by atoms with Gasteiger partial charge in [0.05, 0.1) is 0 Å². The molecule has 1 aliphatic carbocycles. The summed E-state index contributed by atoms with van der Waals surface area (Å²) in [5.74, 6) is -0.112. The molecule has 0 fully saturated rings. The highest BCUT2D eigenvalue weighted by Crippen LogP contribution is 2.47. The fraction of sp³-hybridized carbons (Fsp3) is 0.438. The van der Waals surface area contributed by atoms with Crippen molar-refractivity contribution < 1.29 is 9.53 Å².